The maximum absolute atomic E-state index is 5.08. The minimum Gasteiger partial charge on any atom is -0.383 e. The van der Waals surface area contributed by atoms with Crippen LogP contribution in [-0.2, 0) is 4.74 Å². The Balaban J connectivity index is 2.43. The number of methoxy groups -OCH3 is 1. The van der Waals surface area contributed by atoms with Gasteiger partial charge in [-0.2, -0.15) is 0 Å². The molecule has 0 atom stereocenters. The summed E-state index contributed by atoms with van der Waals surface area (Å²) in [6.07, 6.45) is 1.24. The Bertz CT molecular complexity index is 304. The largest absolute Gasteiger partial charge is 0.383 e. The zero-order chi connectivity index (χ0) is 15.0. The van der Waals surface area contributed by atoms with E-state index in [0.29, 0.717) is 5.41 Å². The van der Waals surface area contributed by atoms with Gasteiger partial charge in [0.25, 0.3) is 0 Å². The van der Waals surface area contributed by atoms with Crippen LogP contribution < -0.4 is 5.32 Å². The van der Waals surface area contributed by atoms with Crippen LogP contribution in [0.5, 0.6) is 0 Å². The van der Waals surface area contributed by atoms with E-state index in [4.69, 9.17) is 9.73 Å². The van der Waals surface area contributed by atoms with Crippen molar-refractivity contribution in [2.24, 2.45) is 10.4 Å². The molecule has 0 unspecified atom stereocenters. The Kier molecular flexibility index (Phi) is 7.30. The molecule has 0 aromatic rings. The van der Waals surface area contributed by atoms with Crippen LogP contribution in [0.25, 0.3) is 0 Å². The number of likely N-dealkylation sites (tertiary alicyclic amines) is 1. The van der Waals surface area contributed by atoms with Gasteiger partial charge in [0.15, 0.2) is 5.96 Å². The van der Waals surface area contributed by atoms with E-state index in [1.807, 2.05) is 0 Å². The Morgan fingerprint density at radius 2 is 2.15 bits per heavy atom. The maximum Gasteiger partial charge on any atom is 0.193 e. The smallest absolute Gasteiger partial charge is 0.193 e. The second kappa shape index (κ2) is 8.47. The second-order valence-electron chi connectivity index (χ2n) is 6.37. The predicted octanol–water partition coefficient (Wildman–Crippen LogP) is 1.26. The van der Waals surface area contributed by atoms with Gasteiger partial charge in [-0.05, 0) is 25.8 Å². The fourth-order valence-electron chi connectivity index (χ4n) is 2.40. The first-order valence-corrected chi connectivity index (χ1v) is 7.69. The minimum atomic E-state index is 0.408. The zero-order valence-electron chi connectivity index (χ0n) is 13.9. The van der Waals surface area contributed by atoms with Crippen molar-refractivity contribution in [3.63, 3.8) is 0 Å². The highest BCUT2D eigenvalue weighted by Gasteiger charge is 2.30. The van der Waals surface area contributed by atoms with Crippen molar-refractivity contribution < 1.29 is 4.74 Å². The number of hydrogen-bond donors (Lipinski definition) is 1. The Morgan fingerprint density at radius 1 is 1.40 bits per heavy atom. The van der Waals surface area contributed by atoms with Gasteiger partial charge in [-0.25, -0.2) is 0 Å². The maximum atomic E-state index is 5.08. The molecule has 1 aliphatic rings. The average Bonchev–Trinajstić information content (AvgIpc) is 2.75. The summed E-state index contributed by atoms with van der Waals surface area (Å²) < 4.78 is 5.08. The molecule has 1 rings (SSSR count). The van der Waals surface area contributed by atoms with Gasteiger partial charge in [0.1, 0.15) is 0 Å². The molecule has 5 heteroatoms. The van der Waals surface area contributed by atoms with Crippen LogP contribution in [0.4, 0.5) is 0 Å². The topological polar surface area (TPSA) is 40.1 Å². The zero-order valence-corrected chi connectivity index (χ0v) is 13.9. The third kappa shape index (κ3) is 6.09. The highest BCUT2D eigenvalue weighted by Crippen LogP contribution is 2.28. The van der Waals surface area contributed by atoms with Crippen LogP contribution in [0.15, 0.2) is 4.99 Å². The predicted molar refractivity (Wildman–Crippen MR) is 85.3 cm³/mol. The summed E-state index contributed by atoms with van der Waals surface area (Å²) in [4.78, 5) is 9.40. The van der Waals surface area contributed by atoms with Gasteiger partial charge in [-0.1, -0.05) is 13.8 Å². The van der Waals surface area contributed by atoms with Gasteiger partial charge in [0, 0.05) is 39.8 Å². The van der Waals surface area contributed by atoms with E-state index >= 15 is 0 Å². The van der Waals surface area contributed by atoms with Crippen LogP contribution in [0, 0.1) is 5.41 Å². The fraction of sp³-hybridized carbons (Fsp3) is 0.933. The molecule has 1 heterocycles. The third-order valence-corrected chi connectivity index (χ3v) is 3.73. The van der Waals surface area contributed by atoms with Crippen molar-refractivity contribution in [1.82, 2.24) is 15.1 Å². The molecule has 0 bridgehead atoms. The summed E-state index contributed by atoms with van der Waals surface area (Å²) in [5.41, 5.74) is 0.408. The van der Waals surface area contributed by atoms with Crippen molar-refractivity contribution >= 4 is 5.96 Å². The van der Waals surface area contributed by atoms with Gasteiger partial charge < -0.3 is 19.9 Å². The van der Waals surface area contributed by atoms with Crippen LogP contribution in [0.3, 0.4) is 0 Å². The molecule has 118 valence electrons. The number of rotatable bonds is 7. The first-order chi connectivity index (χ1) is 9.48. The van der Waals surface area contributed by atoms with Gasteiger partial charge in [-0.15, -0.1) is 0 Å². The van der Waals surface area contributed by atoms with Crippen LogP contribution in [0.2, 0.25) is 0 Å². The van der Waals surface area contributed by atoms with E-state index in [1.54, 1.807) is 7.11 Å². The third-order valence-electron chi connectivity index (χ3n) is 3.73. The SMILES string of the molecule is CCNC(=NCCN(C)CCOC)N1CCC(C)(C)C1. The summed E-state index contributed by atoms with van der Waals surface area (Å²) in [6.45, 7) is 13.5. The van der Waals surface area contributed by atoms with E-state index in [-0.39, 0.29) is 0 Å². The van der Waals surface area contributed by atoms with E-state index < -0.39 is 0 Å². The molecule has 0 aliphatic carbocycles. The number of aliphatic imine (C=N–C) groups is 1. The van der Waals surface area contributed by atoms with Crippen LogP contribution in [-0.4, -0.2) is 75.8 Å². The minimum absolute atomic E-state index is 0.408. The number of nitrogens with one attached hydrogen (secondary N) is 1. The number of nitrogens with zero attached hydrogens (tertiary/aromatic N) is 3. The molecular weight excluding hydrogens is 252 g/mol. The van der Waals surface area contributed by atoms with Crippen molar-refractivity contribution in [2.75, 3.05) is 60.0 Å². The van der Waals surface area contributed by atoms with Gasteiger partial charge in [-0.3, -0.25) is 4.99 Å². The second-order valence-corrected chi connectivity index (χ2v) is 6.37. The summed E-state index contributed by atoms with van der Waals surface area (Å²) in [5, 5.41) is 3.41. The number of likely N-dealkylation sites (N-methyl/N-ethyl adjacent to an activating group) is 1. The van der Waals surface area contributed by atoms with Crippen LogP contribution in [0.1, 0.15) is 27.2 Å². The summed E-state index contributed by atoms with van der Waals surface area (Å²) in [6, 6.07) is 0. The molecule has 20 heavy (non-hydrogen) atoms. The van der Waals surface area contributed by atoms with Crippen molar-refractivity contribution in [1.29, 1.82) is 0 Å². The first kappa shape index (κ1) is 17.2. The van der Waals surface area contributed by atoms with Gasteiger partial charge in [0.05, 0.1) is 13.2 Å². The van der Waals surface area contributed by atoms with Gasteiger partial charge in [0.2, 0.25) is 0 Å². The molecule has 1 fully saturated rings. The number of guanidine groups is 1. The summed E-state index contributed by atoms with van der Waals surface area (Å²) in [5.74, 6) is 1.07. The normalized spacial score (nSPS) is 18.9. The average molecular weight is 284 g/mol. The van der Waals surface area contributed by atoms with E-state index in [0.717, 1.165) is 51.8 Å². The van der Waals surface area contributed by atoms with E-state index in [2.05, 4.69) is 42.9 Å². The van der Waals surface area contributed by atoms with Crippen molar-refractivity contribution in [3.05, 3.63) is 0 Å². The lowest BCUT2D eigenvalue weighted by atomic mass is 9.93. The van der Waals surface area contributed by atoms with E-state index in [9.17, 15) is 0 Å². The lowest BCUT2D eigenvalue weighted by Crippen LogP contribution is -2.41. The van der Waals surface area contributed by atoms with Gasteiger partial charge >= 0.3 is 0 Å². The summed E-state index contributed by atoms with van der Waals surface area (Å²) in [7, 11) is 3.85. The Hall–Kier alpha value is -0.810. The number of hydrogen-bond acceptors (Lipinski definition) is 3. The quantitative estimate of drug-likeness (QED) is 0.564. The lowest BCUT2D eigenvalue weighted by Gasteiger charge is -2.24. The standard InChI is InChI=1S/C15H32N4O/c1-6-16-14(19-9-7-15(2,3)13-19)17-8-10-18(4)11-12-20-5/h6-13H2,1-5H3,(H,16,17). The Morgan fingerprint density at radius 3 is 2.70 bits per heavy atom. The molecule has 0 aromatic carbocycles. The lowest BCUT2D eigenvalue weighted by molar-refractivity contribution is 0.163. The molecule has 0 amide bonds. The Labute approximate surface area is 124 Å². The molecule has 1 saturated heterocycles. The first-order valence-electron chi connectivity index (χ1n) is 7.69. The molecule has 5 nitrogen and oxygen atoms in total. The highest BCUT2D eigenvalue weighted by molar-refractivity contribution is 5.80. The molecule has 0 radical (unpaired) electrons. The molecular formula is C15H32N4O. The summed E-state index contributed by atoms with van der Waals surface area (Å²) >= 11 is 0. The molecule has 0 spiro atoms. The van der Waals surface area contributed by atoms with Crippen molar-refractivity contribution in [3.8, 4) is 0 Å². The molecule has 1 N–H and O–H groups in total. The monoisotopic (exact) mass is 284 g/mol. The van der Waals surface area contributed by atoms with Crippen molar-refractivity contribution in [2.45, 2.75) is 27.2 Å². The van der Waals surface area contributed by atoms with E-state index in [1.165, 1.54) is 6.42 Å². The fourth-order valence-corrected chi connectivity index (χ4v) is 2.40. The molecule has 1 aliphatic heterocycles. The number of ether oxygens (including phenoxy) is 1. The highest BCUT2D eigenvalue weighted by atomic mass is 16.5. The van der Waals surface area contributed by atoms with Crippen LogP contribution >= 0.6 is 0 Å². The molecule has 0 aromatic heterocycles. The molecule has 0 saturated carbocycles.